The summed E-state index contributed by atoms with van der Waals surface area (Å²) in [6.45, 7) is 10.1. The van der Waals surface area contributed by atoms with E-state index in [1.165, 1.54) is 4.90 Å². The summed E-state index contributed by atoms with van der Waals surface area (Å²) in [6, 6.07) is 17.2. The Labute approximate surface area is 193 Å². The third-order valence-corrected chi connectivity index (χ3v) is 5.36. The Morgan fingerprint density at radius 3 is 2.52 bits per heavy atom. The molecule has 1 amide bonds. The molecule has 0 saturated carbocycles. The zero-order valence-corrected chi connectivity index (χ0v) is 19.0. The molecule has 1 saturated heterocycles. The molecular weight excluding hydrogens is 418 g/mol. The highest BCUT2D eigenvalue weighted by molar-refractivity contribution is 5.88. The van der Waals surface area contributed by atoms with Crippen LogP contribution in [0.4, 0.5) is 16.7 Å². The maximum atomic E-state index is 12.3. The molecule has 2 atom stereocenters. The Morgan fingerprint density at radius 2 is 1.85 bits per heavy atom. The average Bonchev–Trinajstić information content (AvgIpc) is 3.20. The van der Waals surface area contributed by atoms with Gasteiger partial charge in [-0.15, -0.1) is 0 Å². The number of ether oxygens (including phenoxy) is 2. The van der Waals surface area contributed by atoms with E-state index in [-0.39, 0.29) is 18.0 Å². The van der Waals surface area contributed by atoms with Crippen molar-refractivity contribution in [1.29, 1.82) is 0 Å². The number of nitrogens with one attached hydrogen (secondary N) is 1. The highest BCUT2D eigenvalue weighted by atomic mass is 16.6. The van der Waals surface area contributed by atoms with Gasteiger partial charge >= 0.3 is 6.09 Å². The zero-order valence-electron chi connectivity index (χ0n) is 19.0. The van der Waals surface area contributed by atoms with Crippen molar-refractivity contribution in [2.24, 2.45) is 0 Å². The van der Waals surface area contributed by atoms with Gasteiger partial charge in [0.1, 0.15) is 18.1 Å². The van der Waals surface area contributed by atoms with Crippen LogP contribution in [0.5, 0.6) is 11.5 Å². The fourth-order valence-electron chi connectivity index (χ4n) is 3.46. The van der Waals surface area contributed by atoms with Crippen molar-refractivity contribution in [2.75, 3.05) is 16.8 Å². The number of aromatic nitrogens is 3. The van der Waals surface area contributed by atoms with Crippen LogP contribution in [0.15, 0.2) is 61.2 Å². The lowest BCUT2D eigenvalue weighted by Crippen LogP contribution is -2.35. The Hall–Kier alpha value is -3.94. The van der Waals surface area contributed by atoms with E-state index >= 15 is 0 Å². The van der Waals surface area contributed by atoms with E-state index in [2.05, 4.69) is 26.8 Å². The number of rotatable bonds is 8. The molecule has 33 heavy (non-hydrogen) atoms. The third-order valence-electron chi connectivity index (χ3n) is 5.36. The minimum Gasteiger partial charge on any atom is -0.457 e. The molecule has 8 heteroatoms. The standard InChI is InChI=1S/C25H27N5O3/c1-5-19-15-32-25(31)30(19)24-28-22(16(2)3)27-23(29-24)26-17(4)18-11-13-21(14-12-18)33-20-9-7-6-8-10-20/h6-14,17,19H,2,5,15H2,1,3-4H3,(H,26,27,28,29)/t17-,19-/m0/s1. The highest BCUT2D eigenvalue weighted by Crippen LogP contribution is 2.27. The van der Waals surface area contributed by atoms with Gasteiger partial charge in [0.25, 0.3) is 0 Å². The molecule has 1 aliphatic rings. The first-order chi connectivity index (χ1) is 15.9. The molecule has 2 aromatic carbocycles. The van der Waals surface area contributed by atoms with Crippen molar-refractivity contribution in [3.05, 3.63) is 72.6 Å². The number of para-hydroxylation sites is 1. The predicted octanol–water partition coefficient (Wildman–Crippen LogP) is 5.61. The number of nitrogens with zero attached hydrogens (tertiary/aromatic N) is 4. The molecular formula is C25H27N5O3. The van der Waals surface area contributed by atoms with Crippen LogP contribution in [0.25, 0.3) is 5.57 Å². The topological polar surface area (TPSA) is 89.5 Å². The van der Waals surface area contributed by atoms with E-state index < -0.39 is 6.09 Å². The summed E-state index contributed by atoms with van der Waals surface area (Å²) < 4.78 is 11.1. The van der Waals surface area contributed by atoms with Crippen LogP contribution < -0.4 is 15.0 Å². The summed E-state index contributed by atoms with van der Waals surface area (Å²) in [7, 11) is 0. The normalized spacial score (nSPS) is 16.3. The molecule has 0 spiro atoms. The third kappa shape index (κ3) is 5.11. The van der Waals surface area contributed by atoms with Crippen molar-refractivity contribution < 1.29 is 14.3 Å². The molecule has 1 aliphatic heterocycles. The van der Waals surface area contributed by atoms with Gasteiger partial charge < -0.3 is 14.8 Å². The second-order valence-corrected chi connectivity index (χ2v) is 7.92. The van der Waals surface area contributed by atoms with Crippen molar-refractivity contribution in [3.8, 4) is 11.5 Å². The number of allylic oxidation sites excluding steroid dienone is 1. The molecule has 2 heterocycles. The smallest absolute Gasteiger partial charge is 0.417 e. The molecule has 1 aromatic heterocycles. The first-order valence-corrected chi connectivity index (χ1v) is 10.9. The van der Waals surface area contributed by atoms with Gasteiger partial charge in [0.2, 0.25) is 11.9 Å². The number of benzene rings is 2. The Kier molecular flexibility index (Phi) is 6.53. The van der Waals surface area contributed by atoms with Gasteiger partial charge in [-0.1, -0.05) is 43.8 Å². The van der Waals surface area contributed by atoms with Gasteiger partial charge in [0, 0.05) is 0 Å². The zero-order chi connectivity index (χ0) is 23.4. The number of cyclic esters (lactones) is 1. The van der Waals surface area contributed by atoms with Crippen molar-refractivity contribution >= 4 is 23.6 Å². The Balaban J connectivity index is 1.53. The van der Waals surface area contributed by atoms with Crippen molar-refractivity contribution in [2.45, 2.75) is 39.3 Å². The lowest BCUT2D eigenvalue weighted by Gasteiger charge is -2.20. The number of carbonyl (C=O) groups excluding carboxylic acids is 1. The molecule has 0 radical (unpaired) electrons. The summed E-state index contributed by atoms with van der Waals surface area (Å²) in [5.41, 5.74) is 1.71. The first kappa shape index (κ1) is 22.3. The SMILES string of the molecule is C=C(C)c1nc(N[C@@H](C)c2ccc(Oc3ccccc3)cc2)nc(N2C(=O)OC[C@@H]2CC)n1. The minimum atomic E-state index is -0.450. The maximum Gasteiger partial charge on any atom is 0.417 e. The van der Waals surface area contributed by atoms with E-state index in [9.17, 15) is 4.79 Å². The number of carbonyl (C=O) groups is 1. The molecule has 8 nitrogen and oxygen atoms in total. The number of amides is 1. The number of hydrogen-bond acceptors (Lipinski definition) is 7. The predicted molar refractivity (Wildman–Crippen MR) is 127 cm³/mol. The van der Waals surface area contributed by atoms with E-state index in [1.807, 2.05) is 75.4 Å². The van der Waals surface area contributed by atoms with Crippen LogP contribution in [-0.2, 0) is 4.74 Å². The summed E-state index contributed by atoms with van der Waals surface area (Å²) in [5, 5.41) is 3.31. The van der Waals surface area contributed by atoms with Crippen LogP contribution in [-0.4, -0.2) is 33.7 Å². The lowest BCUT2D eigenvalue weighted by atomic mass is 10.1. The minimum absolute atomic E-state index is 0.100. The second-order valence-electron chi connectivity index (χ2n) is 7.92. The summed E-state index contributed by atoms with van der Waals surface area (Å²) in [5.74, 6) is 2.59. The molecule has 170 valence electrons. The monoisotopic (exact) mass is 445 g/mol. The molecule has 3 aromatic rings. The fraction of sp³-hybridized carbons (Fsp3) is 0.280. The second kappa shape index (κ2) is 9.68. The molecule has 4 rings (SSSR count). The van der Waals surface area contributed by atoms with Gasteiger partial charge in [0.15, 0.2) is 5.82 Å². The summed E-state index contributed by atoms with van der Waals surface area (Å²) in [6.07, 6.45) is 0.282. The van der Waals surface area contributed by atoms with E-state index in [4.69, 9.17) is 9.47 Å². The van der Waals surface area contributed by atoms with Crippen LogP contribution in [0.1, 0.15) is 44.6 Å². The Bertz CT molecular complexity index is 1130. The van der Waals surface area contributed by atoms with Crippen LogP contribution in [0.2, 0.25) is 0 Å². The summed E-state index contributed by atoms with van der Waals surface area (Å²) >= 11 is 0. The van der Waals surface area contributed by atoms with E-state index in [0.717, 1.165) is 23.5 Å². The van der Waals surface area contributed by atoms with Gasteiger partial charge in [-0.05, 0) is 55.7 Å². The highest BCUT2D eigenvalue weighted by Gasteiger charge is 2.35. The van der Waals surface area contributed by atoms with Crippen molar-refractivity contribution in [3.63, 3.8) is 0 Å². The molecule has 0 bridgehead atoms. The van der Waals surface area contributed by atoms with Gasteiger partial charge in [-0.25, -0.2) is 9.69 Å². The fourth-order valence-corrected chi connectivity index (χ4v) is 3.46. The van der Waals surface area contributed by atoms with Crippen LogP contribution >= 0.6 is 0 Å². The van der Waals surface area contributed by atoms with E-state index in [1.54, 1.807) is 0 Å². The average molecular weight is 446 g/mol. The van der Waals surface area contributed by atoms with Crippen LogP contribution in [0.3, 0.4) is 0 Å². The van der Waals surface area contributed by atoms with E-state index in [0.29, 0.717) is 24.0 Å². The Morgan fingerprint density at radius 1 is 1.15 bits per heavy atom. The quantitative estimate of drug-likeness (QED) is 0.482. The molecule has 1 N–H and O–H groups in total. The lowest BCUT2D eigenvalue weighted by molar-refractivity contribution is 0.178. The van der Waals surface area contributed by atoms with Gasteiger partial charge in [-0.3, -0.25) is 0 Å². The molecule has 1 fully saturated rings. The van der Waals surface area contributed by atoms with Crippen molar-refractivity contribution in [1.82, 2.24) is 15.0 Å². The van der Waals surface area contributed by atoms with Gasteiger partial charge in [0.05, 0.1) is 12.1 Å². The van der Waals surface area contributed by atoms with Gasteiger partial charge in [-0.2, -0.15) is 15.0 Å². The molecule has 0 unspecified atom stereocenters. The first-order valence-electron chi connectivity index (χ1n) is 10.9. The maximum absolute atomic E-state index is 12.3. The molecule has 0 aliphatic carbocycles. The number of hydrogen-bond donors (Lipinski definition) is 1. The number of anilines is 2. The largest absolute Gasteiger partial charge is 0.457 e. The summed E-state index contributed by atoms with van der Waals surface area (Å²) in [4.78, 5) is 27.2. The van der Waals surface area contributed by atoms with Crippen LogP contribution in [0, 0.1) is 0 Å².